The highest BCUT2D eigenvalue weighted by atomic mass is 19.4. The normalized spacial score (nSPS) is 13.7. The van der Waals surface area contributed by atoms with Crippen LogP contribution in [0.2, 0.25) is 0 Å². The molecule has 1 atom stereocenters. The molecule has 0 radical (unpaired) electrons. The Morgan fingerprint density at radius 2 is 2.21 bits per heavy atom. The lowest BCUT2D eigenvalue weighted by Gasteiger charge is -2.03. The smallest absolute Gasteiger partial charge is 0.348 e. The van der Waals surface area contributed by atoms with Gasteiger partial charge in [-0.05, 0) is 0 Å². The molecule has 9 heteroatoms. The second kappa shape index (κ2) is 5.39. The van der Waals surface area contributed by atoms with Crippen LogP contribution in [0.1, 0.15) is 29.9 Å². The summed E-state index contributed by atoms with van der Waals surface area (Å²) >= 11 is 0. The van der Waals surface area contributed by atoms with Gasteiger partial charge in [0, 0.05) is 24.7 Å². The van der Waals surface area contributed by atoms with Crippen molar-refractivity contribution in [3.05, 3.63) is 29.9 Å². The Bertz CT molecular complexity index is 507. The van der Waals surface area contributed by atoms with Crippen molar-refractivity contribution in [1.29, 1.82) is 0 Å². The highest BCUT2D eigenvalue weighted by Gasteiger charge is 2.28. The van der Waals surface area contributed by atoms with Crippen LogP contribution in [0.25, 0.3) is 0 Å². The zero-order valence-electron chi connectivity index (χ0n) is 9.81. The second-order valence-electron chi connectivity index (χ2n) is 4.05. The molecule has 2 aromatic rings. The molecule has 0 bridgehead atoms. The number of aryl methyl sites for hydroxylation is 1. The van der Waals surface area contributed by atoms with Crippen LogP contribution < -0.4 is 5.73 Å². The third-order valence-corrected chi connectivity index (χ3v) is 2.43. The molecule has 2 heterocycles. The first kappa shape index (κ1) is 13.5. The van der Waals surface area contributed by atoms with E-state index in [9.17, 15) is 13.2 Å². The van der Waals surface area contributed by atoms with Gasteiger partial charge in [-0.1, -0.05) is 5.16 Å². The summed E-state index contributed by atoms with van der Waals surface area (Å²) in [5.41, 5.74) is 6.60. The van der Waals surface area contributed by atoms with Gasteiger partial charge in [0.1, 0.15) is 0 Å². The molecule has 6 nitrogen and oxygen atoms in total. The number of H-pyrrole nitrogens is 1. The summed E-state index contributed by atoms with van der Waals surface area (Å²) in [6, 6.07) is -0.576. The Balaban J connectivity index is 1.92. The van der Waals surface area contributed by atoms with Crippen molar-refractivity contribution < 1.29 is 17.7 Å². The van der Waals surface area contributed by atoms with Crippen molar-refractivity contribution in [1.82, 2.24) is 20.1 Å². The molecule has 1 unspecified atom stereocenters. The first-order chi connectivity index (χ1) is 8.94. The summed E-state index contributed by atoms with van der Waals surface area (Å²) in [6.07, 6.45) is -2.04. The first-order valence-corrected chi connectivity index (χ1v) is 5.56. The van der Waals surface area contributed by atoms with Crippen molar-refractivity contribution in [2.45, 2.75) is 31.5 Å². The molecule has 0 spiro atoms. The standard InChI is InChI=1S/C10H12F3N5O/c11-10(12,13)2-1-8-17-9(19-18-8)7(14)3-6-4-15-5-16-6/h4-5,7H,1-3,14H2,(H,15,16). The Labute approximate surface area is 106 Å². The van der Waals surface area contributed by atoms with E-state index in [-0.39, 0.29) is 18.1 Å². The van der Waals surface area contributed by atoms with Gasteiger partial charge in [0.15, 0.2) is 5.82 Å². The number of alkyl halides is 3. The van der Waals surface area contributed by atoms with Crippen LogP contribution in [0.5, 0.6) is 0 Å². The van der Waals surface area contributed by atoms with Crippen LogP contribution in [-0.4, -0.2) is 26.3 Å². The van der Waals surface area contributed by atoms with Crippen molar-refractivity contribution >= 4 is 0 Å². The molecule has 104 valence electrons. The summed E-state index contributed by atoms with van der Waals surface area (Å²) in [5.74, 6) is 0.124. The molecule has 2 aromatic heterocycles. The molecular weight excluding hydrogens is 263 g/mol. The number of nitrogens with zero attached hydrogens (tertiary/aromatic N) is 3. The maximum Gasteiger partial charge on any atom is 0.389 e. The van der Waals surface area contributed by atoms with Gasteiger partial charge in [-0.15, -0.1) is 0 Å². The van der Waals surface area contributed by atoms with E-state index in [0.29, 0.717) is 6.42 Å². The Hall–Kier alpha value is -1.90. The summed E-state index contributed by atoms with van der Waals surface area (Å²) in [4.78, 5) is 10.5. The zero-order valence-corrected chi connectivity index (χ0v) is 9.81. The Morgan fingerprint density at radius 3 is 2.84 bits per heavy atom. The third kappa shape index (κ3) is 4.05. The molecule has 0 amide bonds. The average molecular weight is 275 g/mol. The van der Waals surface area contributed by atoms with E-state index in [2.05, 4.69) is 20.1 Å². The fourth-order valence-electron chi connectivity index (χ4n) is 1.49. The number of nitrogens with one attached hydrogen (secondary N) is 1. The van der Waals surface area contributed by atoms with Crippen molar-refractivity contribution in [3.8, 4) is 0 Å². The van der Waals surface area contributed by atoms with Gasteiger partial charge in [-0.3, -0.25) is 0 Å². The number of rotatable bonds is 5. The zero-order chi connectivity index (χ0) is 13.9. The molecule has 0 saturated heterocycles. The largest absolute Gasteiger partial charge is 0.389 e. The van der Waals surface area contributed by atoms with Gasteiger partial charge in [0.2, 0.25) is 5.89 Å². The number of hydrogen-bond acceptors (Lipinski definition) is 5. The van der Waals surface area contributed by atoms with E-state index in [0.717, 1.165) is 5.69 Å². The minimum absolute atomic E-state index is 0.00684. The molecule has 0 saturated carbocycles. The highest BCUT2D eigenvalue weighted by molar-refractivity contribution is 5.02. The maximum absolute atomic E-state index is 12.0. The van der Waals surface area contributed by atoms with Gasteiger partial charge < -0.3 is 15.2 Å². The monoisotopic (exact) mass is 275 g/mol. The van der Waals surface area contributed by atoms with E-state index in [1.165, 1.54) is 6.33 Å². The van der Waals surface area contributed by atoms with E-state index in [4.69, 9.17) is 10.3 Å². The minimum Gasteiger partial charge on any atom is -0.348 e. The number of hydrogen-bond donors (Lipinski definition) is 2. The SMILES string of the molecule is NC(Cc1cnc[nH]1)c1nc(CCC(F)(F)F)no1. The molecule has 0 aromatic carbocycles. The van der Waals surface area contributed by atoms with Gasteiger partial charge in [-0.25, -0.2) is 4.98 Å². The summed E-state index contributed by atoms with van der Waals surface area (Å²) in [5, 5.41) is 3.48. The fraction of sp³-hybridized carbons (Fsp3) is 0.500. The minimum atomic E-state index is -4.24. The fourth-order valence-corrected chi connectivity index (χ4v) is 1.49. The Morgan fingerprint density at radius 1 is 1.42 bits per heavy atom. The topological polar surface area (TPSA) is 93.6 Å². The average Bonchev–Trinajstić information content (AvgIpc) is 2.95. The number of imidazole rings is 1. The lowest BCUT2D eigenvalue weighted by Crippen LogP contribution is -2.14. The number of aromatic amines is 1. The molecule has 2 rings (SSSR count). The quantitative estimate of drug-likeness (QED) is 0.863. The van der Waals surface area contributed by atoms with E-state index >= 15 is 0 Å². The van der Waals surface area contributed by atoms with Crippen LogP contribution in [0.4, 0.5) is 13.2 Å². The van der Waals surface area contributed by atoms with Crippen LogP contribution in [0.15, 0.2) is 17.0 Å². The molecule has 0 fully saturated rings. The first-order valence-electron chi connectivity index (χ1n) is 5.56. The number of aromatic nitrogens is 4. The van der Waals surface area contributed by atoms with Gasteiger partial charge >= 0.3 is 6.18 Å². The molecular formula is C10H12F3N5O. The maximum atomic E-state index is 12.0. The van der Waals surface area contributed by atoms with Gasteiger partial charge in [-0.2, -0.15) is 18.2 Å². The molecule has 3 N–H and O–H groups in total. The van der Waals surface area contributed by atoms with Crippen LogP contribution >= 0.6 is 0 Å². The van der Waals surface area contributed by atoms with Gasteiger partial charge in [0.25, 0.3) is 0 Å². The highest BCUT2D eigenvalue weighted by Crippen LogP contribution is 2.21. The van der Waals surface area contributed by atoms with Crippen molar-refractivity contribution in [3.63, 3.8) is 0 Å². The summed E-state index contributed by atoms with van der Waals surface area (Å²) in [7, 11) is 0. The predicted molar refractivity (Wildman–Crippen MR) is 57.9 cm³/mol. The van der Waals surface area contributed by atoms with E-state index < -0.39 is 18.6 Å². The van der Waals surface area contributed by atoms with Gasteiger partial charge in [0.05, 0.1) is 18.8 Å². The molecule has 19 heavy (non-hydrogen) atoms. The number of nitrogens with two attached hydrogens (primary N) is 1. The lowest BCUT2D eigenvalue weighted by molar-refractivity contribution is -0.134. The summed E-state index contributed by atoms with van der Waals surface area (Å²) < 4.78 is 41.0. The third-order valence-electron chi connectivity index (χ3n) is 2.43. The van der Waals surface area contributed by atoms with Crippen molar-refractivity contribution in [2.75, 3.05) is 0 Å². The Kier molecular flexibility index (Phi) is 3.84. The molecule has 0 aliphatic carbocycles. The molecule has 0 aliphatic heterocycles. The van der Waals surface area contributed by atoms with Crippen LogP contribution in [-0.2, 0) is 12.8 Å². The second-order valence-corrected chi connectivity index (χ2v) is 4.05. The van der Waals surface area contributed by atoms with Crippen molar-refractivity contribution in [2.24, 2.45) is 5.73 Å². The lowest BCUT2D eigenvalue weighted by atomic mass is 10.2. The predicted octanol–water partition coefficient (Wildman–Crippen LogP) is 1.53. The van der Waals surface area contributed by atoms with Crippen LogP contribution in [0.3, 0.4) is 0 Å². The number of halogens is 3. The summed E-state index contributed by atoms with van der Waals surface area (Å²) in [6.45, 7) is 0. The molecule has 0 aliphatic rings. The van der Waals surface area contributed by atoms with E-state index in [1.807, 2.05) is 0 Å². The van der Waals surface area contributed by atoms with E-state index in [1.54, 1.807) is 6.20 Å². The van der Waals surface area contributed by atoms with Crippen LogP contribution in [0, 0.1) is 0 Å².